The molecule has 0 unspecified atom stereocenters. The molecule has 2 N–H and O–H groups in total. The van der Waals surface area contributed by atoms with Crippen LogP contribution < -0.4 is 19.5 Å². The van der Waals surface area contributed by atoms with E-state index in [-0.39, 0.29) is 16.8 Å². The molecular formula is C25H28N4O5S. The highest BCUT2D eigenvalue weighted by Gasteiger charge is 2.15. The van der Waals surface area contributed by atoms with Gasteiger partial charge in [-0.3, -0.25) is 4.79 Å². The number of carbonyl (C=O) groups is 1. The maximum absolute atomic E-state index is 12.5. The molecule has 3 aromatic rings. The number of rotatable bonds is 12. The lowest BCUT2D eigenvalue weighted by Gasteiger charge is -2.12. The van der Waals surface area contributed by atoms with Crippen LogP contribution >= 0.6 is 0 Å². The van der Waals surface area contributed by atoms with Crippen LogP contribution in [0.2, 0.25) is 0 Å². The number of unbranched alkanes of at least 4 members (excludes halogenated alkanes) is 1. The van der Waals surface area contributed by atoms with Gasteiger partial charge in [-0.25, -0.2) is 23.1 Å². The molecule has 2 aromatic carbocycles. The molecule has 0 aliphatic carbocycles. The van der Waals surface area contributed by atoms with E-state index in [4.69, 9.17) is 9.47 Å². The lowest BCUT2D eigenvalue weighted by Crippen LogP contribution is -2.15. The fourth-order valence-corrected chi connectivity index (χ4v) is 3.90. The van der Waals surface area contributed by atoms with Gasteiger partial charge in [-0.15, -0.1) is 0 Å². The maximum atomic E-state index is 12.5. The number of hydrogen-bond donors (Lipinski definition) is 2. The first-order valence-electron chi connectivity index (χ1n) is 11.2. The number of anilines is 2. The lowest BCUT2D eigenvalue weighted by atomic mass is 10.2. The average Bonchev–Trinajstić information content (AvgIpc) is 2.85. The quantitative estimate of drug-likeness (QED) is 0.280. The minimum atomic E-state index is -3.85. The van der Waals surface area contributed by atoms with Gasteiger partial charge in [0.15, 0.2) is 11.5 Å². The third kappa shape index (κ3) is 7.82. The van der Waals surface area contributed by atoms with Crippen molar-refractivity contribution in [3.63, 3.8) is 0 Å². The van der Waals surface area contributed by atoms with E-state index in [0.717, 1.165) is 18.4 Å². The number of amides is 1. The summed E-state index contributed by atoms with van der Waals surface area (Å²) in [6.45, 7) is 5.11. The molecule has 1 aromatic heterocycles. The molecule has 0 saturated heterocycles. The van der Waals surface area contributed by atoms with Gasteiger partial charge in [-0.05, 0) is 67.4 Å². The Hall–Kier alpha value is -3.92. The van der Waals surface area contributed by atoms with E-state index in [1.165, 1.54) is 42.7 Å². The fourth-order valence-electron chi connectivity index (χ4n) is 2.95. The van der Waals surface area contributed by atoms with Gasteiger partial charge in [0.25, 0.3) is 10.0 Å². The molecule has 0 radical (unpaired) electrons. The molecule has 35 heavy (non-hydrogen) atoms. The highest BCUT2D eigenvalue weighted by atomic mass is 32.2. The standard InChI is InChI=1S/C25H28N4O5S/c1-3-5-17-34-22-13-7-19(18-23(22)33-4-2)8-14-24(30)28-20-9-11-21(12-10-20)35(31,32)29-25-26-15-6-16-27-25/h6-16,18H,3-5,17H2,1-2H3,(H,28,30)(H,26,27,29)/b14-8+. The number of nitrogens with one attached hydrogen (secondary N) is 2. The number of hydrogen-bond acceptors (Lipinski definition) is 7. The second-order valence-electron chi connectivity index (χ2n) is 7.37. The van der Waals surface area contributed by atoms with Crippen LogP contribution in [0.5, 0.6) is 11.5 Å². The molecule has 184 valence electrons. The van der Waals surface area contributed by atoms with Crippen molar-refractivity contribution < 1.29 is 22.7 Å². The van der Waals surface area contributed by atoms with Crippen LogP contribution in [0.1, 0.15) is 32.3 Å². The van der Waals surface area contributed by atoms with Crippen molar-refractivity contribution in [3.8, 4) is 11.5 Å². The van der Waals surface area contributed by atoms with Gasteiger partial charge in [0.05, 0.1) is 18.1 Å². The first-order chi connectivity index (χ1) is 16.9. The summed E-state index contributed by atoms with van der Waals surface area (Å²) in [4.78, 5) is 20.1. The maximum Gasteiger partial charge on any atom is 0.264 e. The Labute approximate surface area is 205 Å². The molecular weight excluding hydrogens is 468 g/mol. The van der Waals surface area contributed by atoms with Crippen molar-refractivity contribution in [2.45, 2.75) is 31.6 Å². The van der Waals surface area contributed by atoms with Crippen LogP contribution in [0.25, 0.3) is 6.08 Å². The van der Waals surface area contributed by atoms with Crippen LogP contribution in [0.3, 0.4) is 0 Å². The highest BCUT2D eigenvalue weighted by molar-refractivity contribution is 7.92. The number of benzene rings is 2. The zero-order valence-corrected chi connectivity index (χ0v) is 20.4. The highest BCUT2D eigenvalue weighted by Crippen LogP contribution is 2.29. The van der Waals surface area contributed by atoms with Gasteiger partial charge >= 0.3 is 0 Å². The van der Waals surface area contributed by atoms with Crippen LogP contribution in [0, 0.1) is 0 Å². The fraction of sp³-hybridized carbons (Fsp3) is 0.240. The van der Waals surface area contributed by atoms with Gasteiger partial charge in [0.1, 0.15) is 0 Å². The van der Waals surface area contributed by atoms with Crippen molar-refractivity contribution in [2.75, 3.05) is 23.3 Å². The SMILES string of the molecule is CCCCOc1ccc(/C=C/C(=O)Nc2ccc(S(=O)(=O)Nc3ncccn3)cc2)cc1OCC. The van der Waals surface area contributed by atoms with E-state index < -0.39 is 10.0 Å². The van der Waals surface area contributed by atoms with Gasteiger partial charge < -0.3 is 14.8 Å². The second kappa shape index (κ2) is 12.5. The van der Waals surface area contributed by atoms with Crippen LogP contribution in [-0.2, 0) is 14.8 Å². The average molecular weight is 497 g/mol. The molecule has 0 atom stereocenters. The Morgan fingerprint density at radius 1 is 1.00 bits per heavy atom. The molecule has 0 fully saturated rings. The summed E-state index contributed by atoms with van der Waals surface area (Å²) in [6, 6.07) is 12.8. The smallest absolute Gasteiger partial charge is 0.264 e. The first-order valence-corrected chi connectivity index (χ1v) is 12.7. The molecule has 0 spiro atoms. The normalized spacial score (nSPS) is 11.3. The monoisotopic (exact) mass is 496 g/mol. The largest absolute Gasteiger partial charge is 0.490 e. The molecule has 0 bridgehead atoms. The number of ether oxygens (including phenoxy) is 2. The number of nitrogens with zero attached hydrogens (tertiary/aromatic N) is 2. The van der Waals surface area contributed by atoms with E-state index in [2.05, 4.69) is 26.9 Å². The third-order valence-electron chi connectivity index (χ3n) is 4.67. The zero-order chi connectivity index (χ0) is 25.1. The topological polar surface area (TPSA) is 120 Å². The minimum Gasteiger partial charge on any atom is -0.490 e. The van der Waals surface area contributed by atoms with Gasteiger partial charge in [0.2, 0.25) is 11.9 Å². The zero-order valence-electron chi connectivity index (χ0n) is 19.6. The Balaban J connectivity index is 1.62. The summed E-state index contributed by atoms with van der Waals surface area (Å²) in [6.07, 6.45) is 7.92. The lowest BCUT2D eigenvalue weighted by molar-refractivity contribution is -0.111. The van der Waals surface area contributed by atoms with Gasteiger partial charge in [-0.2, -0.15) is 0 Å². The number of carbonyl (C=O) groups excluding carboxylic acids is 1. The summed E-state index contributed by atoms with van der Waals surface area (Å²) >= 11 is 0. The van der Waals surface area contributed by atoms with E-state index in [1.807, 2.05) is 25.1 Å². The number of sulfonamides is 1. The Bertz CT molecular complexity index is 1250. The molecule has 10 heteroatoms. The van der Waals surface area contributed by atoms with E-state index >= 15 is 0 Å². The Kier molecular flexibility index (Phi) is 9.19. The summed E-state index contributed by atoms with van der Waals surface area (Å²) in [7, 11) is -3.85. The summed E-state index contributed by atoms with van der Waals surface area (Å²) in [5, 5.41) is 2.70. The van der Waals surface area contributed by atoms with Crippen LogP contribution in [0.4, 0.5) is 11.6 Å². The van der Waals surface area contributed by atoms with E-state index in [9.17, 15) is 13.2 Å². The van der Waals surface area contributed by atoms with Crippen molar-refractivity contribution in [1.82, 2.24) is 9.97 Å². The Morgan fingerprint density at radius 3 is 2.43 bits per heavy atom. The molecule has 9 nitrogen and oxygen atoms in total. The molecule has 0 aliphatic rings. The van der Waals surface area contributed by atoms with Crippen molar-refractivity contribution in [1.29, 1.82) is 0 Å². The Morgan fingerprint density at radius 2 is 1.74 bits per heavy atom. The van der Waals surface area contributed by atoms with Crippen LogP contribution in [0.15, 0.2) is 71.9 Å². The molecule has 1 amide bonds. The predicted octanol–water partition coefficient (Wildman–Crippen LogP) is 4.51. The van der Waals surface area contributed by atoms with Crippen molar-refractivity contribution in [3.05, 3.63) is 72.6 Å². The van der Waals surface area contributed by atoms with Crippen molar-refractivity contribution in [2.24, 2.45) is 0 Å². The molecule has 0 saturated carbocycles. The van der Waals surface area contributed by atoms with E-state index in [1.54, 1.807) is 12.1 Å². The second-order valence-corrected chi connectivity index (χ2v) is 9.05. The summed E-state index contributed by atoms with van der Waals surface area (Å²) < 4.78 is 38.7. The van der Waals surface area contributed by atoms with E-state index in [0.29, 0.717) is 30.4 Å². The van der Waals surface area contributed by atoms with Gasteiger partial charge in [-0.1, -0.05) is 19.4 Å². The summed E-state index contributed by atoms with van der Waals surface area (Å²) in [5.74, 6) is 0.906. The van der Waals surface area contributed by atoms with Gasteiger partial charge in [0, 0.05) is 24.2 Å². The van der Waals surface area contributed by atoms with Crippen molar-refractivity contribution >= 4 is 33.6 Å². The minimum absolute atomic E-state index is 0.0168. The molecule has 3 rings (SSSR count). The molecule has 0 aliphatic heterocycles. The van der Waals surface area contributed by atoms with Crippen LogP contribution in [-0.4, -0.2) is 37.5 Å². The third-order valence-corrected chi connectivity index (χ3v) is 6.02. The number of aromatic nitrogens is 2. The summed E-state index contributed by atoms with van der Waals surface area (Å²) in [5.41, 5.74) is 1.23. The first kappa shape index (κ1) is 25.7. The molecule has 1 heterocycles. The predicted molar refractivity (Wildman–Crippen MR) is 135 cm³/mol.